The largest absolute Gasteiger partial charge is 0.464 e. The van der Waals surface area contributed by atoms with E-state index < -0.39 is 53.3 Å². The van der Waals surface area contributed by atoms with Crippen molar-refractivity contribution in [3.8, 4) is 23.0 Å². The number of carbonyl (C=O) groups excluding carboxylic acids is 5. The van der Waals surface area contributed by atoms with Crippen LogP contribution in [0.1, 0.15) is 96.4 Å². The summed E-state index contributed by atoms with van der Waals surface area (Å²) in [6, 6.07) is 11.7. The van der Waals surface area contributed by atoms with E-state index >= 15 is 0 Å². The minimum Gasteiger partial charge on any atom is -0.464 e. The topological polar surface area (TPSA) is 164 Å². The van der Waals surface area contributed by atoms with Crippen LogP contribution in [0.25, 0.3) is 27.6 Å². The Morgan fingerprint density at radius 3 is 2.63 bits per heavy atom. The molecule has 6 atom stereocenters. The molecule has 3 fully saturated rings. The second-order valence-corrected chi connectivity index (χ2v) is 19.7. The first-order valence-electron chi connectivity index (χ1n) is 24.4. The molecule has 362 valence electrons. The van der Waals surface area contributed by atoms with Gasteiger partial charge in [0.1, 0.15) is 18.1 Å². The number of hydrazine groups is 1. The number of hydrogen-bond donors (Lipinski definition) is 2. The number of benzene rings is 2. The van der Waals surface area contributed by atoms with E-state index in [1.165, 1.54) is 15.5 Å². The van der Waals surface area contributed by atoms with Gasteiger partial charge < -0.3 is 33.9 Å². The first kappa shape index (κ1) is 48.6. The standard InChI is InChI=1S/C53H67N7O8/c1-8-14-45(61)58-25-22-37(31-58)50(63)57(6)48(44-19-13-26-67-44)49(62)55-42-28-34-15-10-16-35(27-34)36-20-21-43-39(29-36)40(47(59(43)9-2)38-17-11-23-54-46(38)33(3)66-7)30-53(4,5)32-68-52(65)41-18-12-24-60(56-41)51(42)64/h10,15-16,20-21,23,27,29,33,37,41-42,44,48,56H,9,11-13,17-19,22,24-26,28,30-32H2,1-7H3,(H,55,62)/t33-,37-,41-,42-,44?,48?/m0/s1. The molecule has 3 saturated heterocycles. The minimum absolute atomic E-state index is 0.132. The van der Waals surface area contributed by atoms with Crippen molar-refractivity contribution in [3.63, 3.8) is 0 Å². The van der Waals surface area contributed by atoms with Gasteiger partial charge in [-0.1, -0.05) is 50.1 Å². The summed E-state index contributed by atoms with van der Waals surface area (Å²) in [6.07, 6.45) is 6.29. The molecule has 8 rings (SSSR count). The molecule has 2 unspecified atom stereocenters. The molecule has 5 aliphatic heterocycles. The lowest BCUT2D eigenvalue weighted by Gasteiger charge is -2.37. The number of cyclic esters (lactones) is 1. The molecule has 15 heteroatoms. The van der Waals surface area contributed by atoms with Gasteiger partial charge >= 0.3 is 5.97 Å². The van der Waals surface area contributed by atoms with E-state index in [1.54, 1.807) is 26.0 Å². The number of aryl methyl sites for hydroxylation is 1. The number of nitrogens with one attached hydrogen (secondary N) is 2. The number of rotatable bonds is 9. The van der Waals surface area contributed by atoms with Gasteiger partial charge in [0.15, 0.2) is 0 Å². The number of hydrogen-bond acceptors (Lipinski definition) is 10. The Hall–Kier alpha value is -5.82. The highest BCUT2D eigenvalue weighted by molar-refractivity contribution is 5.97. The highest BCUT2D eigenvalue weighted by Gasteiger charge is 2.43. The summed E-state index contributed by atoms with van der Waals surface area (Å²) in [4.78, 5) is 78.3. The number of carbonyl (C=O) groups is 5. The molecule has 6 bridgehead atoms. The first-order valence-corrected chi connectivity index (χ1v) is 24.4. The molecule has 2 aromatic carbocycles. The number of ether oxygens (including phenoxy) is 3. The van der Waals surface area contributed by atoms with E-state index in [4.69, 9.17) is 19.2 Å². The van der Waals surface area contributed by atoms with Gasteiger partial charge in [0.25, 0.3) is 11.8 Å². The summed E-state index contributed by atoms with van der Waals surface area (Å²) >= 11 is 0. The number of fused-ring (bicyclic) bond motifs is 6. The number of allylic oxidation sites excluding steroid dienone is 1. The van der Waals surface area contributed by atoms with Crippen LogP contribution in [0.3, 0.4) is 0 Å². The number of amides is 4. The third kappa shape index (κ3) is 10.1. The summed E-state index contributed by atoms with van der Waals surface area (Å²) in [7, 11) is 3.31. The summed E-state index contributed by atoms with van der Waals surface area (Å²) in [6.45, 7) is 12.3. The van der Waals surface area contributed by atoms with Gasteiger partial charge in [0.2, 0.25) is 11.8 Å². The Morgan fingerprint density at radius 1 is 1.07 bits per heavy atom. The van der Waals surface area contributed by atoms with Crippen LogP contribution in [0, 0.1) is 23.2 Å². The zero-order chi connectivity index (χ0) is 48.3. The van der Waals surface area contributed by atoms with Crippen LogP contribution in [-0.4, -0.2) is 133 Å². The molecule has 0 radical (unpaired) electrons. The van der Waals surface area contributed by atoms with E-state index in [0.717, 1.165) is 70.4 Å². The third-order valence-electron chi connectivity index (χ3n) is 14.3. The van der Waals surface area contributed by atoms with E-state index in [1.807, 2.05) is 25.3 Å². The number of aliphatic imine (C=N–C) groups is 1. The number of nitrogens with zero attached hydrogens (tertiary/aromatic N) is 5. The van der Waals surface area contributed by atoms with E-state index in [0.29, 0.717) is 51.8 Å². The SMILES string of the molecule is CC#CC(=O)N1CC[C@H](C(=O)N(C)C(C(=O)N[C@H]2Cc3cccc(c3)-c3ccc4c(c3)c(c(C3=C([C@H](C)OC)N=CCC3)n4CC)CC(C)(C)COC(=O)[C@@H]3CCCN(N3)C2=O)C2CCCO2)C1. The molecular weight excluding hydrogens is 863 g/mol. The van der Waals surface area contributed by atoms with Crippen LogP contribution in [0.15, 0.2) is 53.2 Å². The zero-order valence-corrected chi connectivity index (χ0v) is 40.7. The monoisotopic (exact) mass is 930 g/mol. The summed E-state index contributed by atoms with van der Waals surface area (Å²) < 4.78 is 20.5. The van der Waals surface area contributed by atoms with Gasteiger partial charge in [0.05, 0.1) is 36.1 Å². The van der Waals surface area contributed by atoms with Crippen LogP contribution < -0.4 is 10.7 Å². The average molecular weight is 930 g/mol. The summed E-state index contributed by atoms with van der Waals surface area (Å²) in [5, 5.41) is 5.63. The van der Waals surface area contributed by atoms with Crippen LogP contribution in [-0.2, 0) is 57.6 Å². The van der Waals surface area contributed by atoms with Crippen LogP contribution in [0.2, 0.25) is 0 Å². The normalized spacial score (nSPS) is 23.9. The lowest BCUT2D eigenvalue weighted by Crippen LogP contribution is -2.63. The van der Waals surface area contributed by atoms with E-state index in [9.17, 15) is 24.0 Å². The highest BCUT2D eigenvalue weighted by atomic mass is 16.5. The number of likely N-dealkylation sites (tertiary alicyclic amines) is 1. The Labute approximate surface area is 399 Å². The highest BCUT2D eigenvalue weighted by Crippen LogP contribution is 2.42. The van der Waals surface area contributed by atoms with Crippen LogP contribution >= 0.6 is 0 Å². The van der Waals surface area contributed by atoms with Gasteiger partial charge in [-0.15, -0.1) is 0 Å². The number of methoxy groups -OCH3 is 1. The van der Waals surface area contributed by atoms with Gasteiger partial charge in [-0.05, 0) is 112 Å². The number of esters is 1. The number of aromatic nitrogens is 1. The van der Waals surface area contributed by atoms with Crippen molar-refractivity contribution in [2.24, 2.45) is 16.3 Å². The molecule has 0 spiro atoms. The van der Waals surface area contributed by atoms with Gasteiger partial charge in [-0.2, -0.15) is 0 Å². The maximum absolute atomic E-state index is 14.8. The Balaban J connectivity index is 1.18. The molecule has 0 saturated carbocycles. The predicted molar refractivity (Wildman–Crippen MR) is 260 cm³/mol. The molecule has 4 amide bonds. The van der Waals surface area contributed by atoms with Gasteiger partial charge in [-0.3, -0.25) is 34.0 Å². The molecule has 68 heavy (non-hydrogen) atoms. The smallest absolute Gasteiger partial charge is 0.324 e. The van der Waals surface area contributed by atoms with Crippen molar-refractivity contribution in [1.29, 1.82) is 0 Å². The fourth-order valence-electron chi connectivity index (χ4n) is 10.7. The van der Waals surface area contributed by atoms with Crippen molar-refractivity contribution < 1.29 is 38.2 Å². The molecule has 1 aromatic heterocycles. The molecule has 6 heterocycles. The summed E-state index contributed by atoms with van der Waals surface area (Å²) in [5.41, 5.74) is 10.9. The van der Waals surface area contributed by atoms with Crippen molar-refractivity contribution in [2.45, 2.75) is 129 Å². The molecule has 15 nitrogen and oxygen atoms in total. The fourth-order valence-corrected chi connectivity index (χ4v) is 10.7. The van der Waals surface area contributed by atoms with Crippen molar-refractivity contribution in [3.05, 3.63) is 65.0 Å². The lowest BCUT2D eigenvalue weighted by molar-refractivity contribution is -0.155. The summed E-state index contributed by atoms with van der Waals surface area (Å²) in [5.74, 6) is 2.70. The van der Waals surface area contributed by atoms with E-state index in [2.05, 4.69) is 78.3 Å². The van der Waals surface area contributed by atoms with Crippen molar-refractivity contribution >= 4 is 52.3 Å². The Bertz CT molecular complexity index is 2560. The molecule has 5 aliphatic rings. The second kappa shape index (κ2) is 20.8. The van der Waals surface area contributed by atoms with Crippen LogP contribution in [0.5, 0.6) is 0 Å². The molecule has 2 N–H and O–H groups in total. The lowest BCUT2D eigenvalue weighted by atomic mass is 9.83. The quantitative estimate of drug-likeness (QED) is 0.210. The van der Waals surface area contributed by atoms with Gasteiger partial charge in [0, 0.05) is 81.5 Å². The number of likely N-dealkylation sites (N-methyl/N-ethyl adjacent to an activating group) is 1. The maximum atomic E-state index is 14.8. The minimum atomic E-state index is -1.08. The Kier molecular flexibility index (Phi) is 14.9. The van der Waals surface area contributed by atoms with Gasteiger partial charge in [-0.25, -0.2) is 5.43 Å². The van der Waals surface area contributed by atoms with Crippen molar-refractivity contribution in [1.82, 2.24) is 30.1 Å². The zero-order valence-electron chi connectivity index (χ0n) is 40.7. The average Bonchev–Trinajstić information content (AvgIpc) is 4.13. The molecule has 3 aromatic rings. The maximum Gasteiger partial charge on any atom is 0.324 e. The molecular formula is C53H67N7O8. The van der Waals surface area contributed by atoms with Crippen LogP contribution in [0.4, 0.5) is 0 Å². The first-order chi connectivity index (χ1) is 32.7. The van der Waals surface area contributed by atoms with Crippen molar-refractivity contribution in [2.75, 3.05) is 47.0 Å². The second-order valence-electron chi connectivity index (χ2n) is 19.7. The van der Waals surface area contributed by atoms with E-state index in [-0.39, 0.29) is 37.5 Å². The third-order valence-corrected chi connectivity index (χ3v) is 14.3. The predicted octanol–water partition coefficient (Wildman–Crippen LogP) is 5.47. The molecule has 0 aliphatic carbocycles. The Morgan fingerprint density at radius 2 is 1.88 bits per heavy atom. The fraction of sp³-hybridized carbons (Fsp3) is 0.547.